The largest absolute Gasteiger partial charge is 0.494 e. The highest BCUT2D eigenvalue weighted by Crippen LogP contribution is 2.26. The van der Waals surface area contributed by atoms with Crippen molar-refractivity contribution in [3.8, 4) is 5.75 Å². The van der Waals surface area contributed by atoms with E-state index in [1.165, 1.54) is 0 Å². The van der Waals surface area contributed by atoms with Crippen LogP contribution in [0.2, 0.25) is 10.0 Å². The zero-order chi connectivity index (χ0) is 15.2. The Labute approximate surface area is 133 Å². The fourth-order valence-corrected chi connectivity index (χ4v) is 2.05. The molecule has 0 unspecified atom stereocenters. The molecule has 2 aromatic carbocycles. The molecule has 0 aliphatic rings. The van der Waals surface area contributed by atoms with Crippen molar-refractivity contribution in [1.82, 2.24) is 0 Å². The monoisotopic (exact) mass is 323 g/mol. The van der Waals surface area contributed by atoms with Crippen LogP contribution in [0.3, 0.4) is 0 Å². The second kappa shape index (κ2) is 7.34. The molecular weight excluding hydrogens is 309 g/mol. The van der Waals surface area contributed by atoms with Crippen LogP contribution in [0.25, 0.3) is 0 Å². The van der Waals surface area contributed by atoms with Crippen LogP contribution in [-0.4, -0.2) is 12.5 Å². The molecule has 21 heavy (non-hydrogen) atoms. The van der Waals surface area contributed by atoms with Crippen molar-refractivity contribution in [2.75, 3.05) is 11.9 Å². The minimum atomic E-state index is -0.249. The maximum atomic E-state index is 12.1. The Hall–Kier alpha value is -1.71. The molecule has 0 aliphatic carbocycles. The average molecular weight is 324 g/mol. The molecule has 5 heteroatoms. The van der Waals surface area contributed by atoms with Gasteiger partial charge in [0.1, 0.15) is 5.75 Å². The summed E-state index contributed by atoms with van der Waals surface area (Å²) in [5.74, 6) is 0.496. The van der Waals surface area contributed by atoms with Crippen LogP contribution in [0.5, 0.6) is 5.75 Å². The summed E-state index contributed by atoms with van der Waals surface area (Å²) in [5.41, 5.74) is 1.01. The summed E-state index contributed by atoms with van der Waals surface area (Å²) in [6, 6.07) is 11.9. The number of nitrogens with one attached hydrogen (secondary N) is 1. The number of hydrogen-bond donors (Lipinski definition) is 1. The Morgan fingerprint density at radius 1 is 1.14 bits per heavy atom. The molecule has 0 fully saturated rings. The van der Waals surface area contributed by atoms with E-state index in [-0.39, 0.29) is 5.91 Å². The average Bonchev–Trinajstić information content (AvgIpc) is 2.49. The number of carbonyl (C=O) groups excluding carboxylic acids is 1. The van der Waals surface area contributed by atoms with Crippen molar-refractivity contribution in [2.24, 2.45) is 0 Å². The number of halogens is 2. The smallest absolute Gasteiger partial charge is 0.255 e. The third-order valence-electron chi connectivity index (χ3n) is 2.77. The predicted molar refractivity (Wildman–Crippen MR) is 86.6 cm³/mol. The van der Waals surface area contributed by atoms with Crippen LogP contribution in [0.15, 0.2) is 42.5 Å². The Bertz CT molecular complexity index is 627. The molecule has 1 amide bonds. The van der Waals surface area contributed by atoms with Gasteiger partial charge in [-0.1, -0.05) is 30.1 Å². The highest BCUT2D eigenvalue weighted by atomic mass is 35.5. The lowest BCUT2D eigenvalue weighted by atomic mass is 10.2. The minimum absolute atomic E-state index is 0.249. The Morgan fingerprint density at radius 2 is 1.86 bits per heavy atom. The van der Waals surface area contributed by atoms with Gasteiger partial charge in [-0.2, -0.15) is 0 Å². The Kier molecular flexibility index (Phi) is 5.48. The van der Waals surface area contributed by atoms with E-state index < -0.39 is 0 Å². The van der Waals surface area contributed by atoms with Gasteiger partial charge in [-0.25, -0.2) is 0 Å². The molecule has 2 rings (SSSR count). The first-order valence-corrected chi connectivity index (χ1v) is 7.35. The third kappa shape index (κ3) is 4.38. The molecule has 3 nitrogen and oxygen atoms in total. The van der Waals surface area contributed by atoms with E-state index in [1.807, 2.05) is 6.92 Å². The van der Waals surface area contributed by atoms with Crippen molar-refractivity contribution in [3.63, 3.8) is 0 Å². The Morgan fingerprint density at radius 3 is 2.52 bits per heavy atom. The third-order valence-corrected chi connectivity index (χ3v) is 3.33. The van der Waals surface area contributed by atoms with Crippen LogP contribution in [0, 0.1) is 0 Å². The van der Waals surface area contributed by atoms with Gasteiger partial charge < -0.3 is 10.1 Å². The number of hydrogen-bond acceptors (Lipinski definition) is 2. The van der Waals surface area contributed by atoms with E-state index in [4.69, 9.17) is 27.9 Å². The lowest BCUT2D eigenvalue weighted by Crippen LogP contribution is -2.12. The number of anilines is 1. The number of ether oxygens (including phenoxy) is 1. The van der Waals surface area contributed by atoms with Crippen molar-refractivity contribution >= 4 is 34.8 Å². The van der Waals surface area contributed by atoms with E-state index in [9.17, 15) is 4.79 Å². The minimum Gasteiger partial charge on any atom is -0.494 e. The van der Waals surface area contributed by atoms with Gasteiger partial charge in [0.05, 0.1) is 17.3 Å². The number of rotatable bonds is 5. The van der Waals surface area contributed by atoms with E-state index in [0.717, 1.165) is 12.2 Å². The fourth-order valence-electron chi connectivity index (χ4n) is 1.71. The second-order valence-electron chi connectivity index (χ2n) is 4.45. The normalized spacial score (nSPS) is 10.2. The van der Waals surface area contributed by atoms with Gasteiger partial charge in [0.25, 0.3) is 5.91 Å². The summed E-state index contributed by atoms with van der Waals surface area (Å²) >= 11 is 11.9. The quantitative estimate of drug-likeness (QED) is 0.837. The topological polar surface area (TPSA) is 38.3 Å². The van der Waals surface area contributed by atoms with Gasteiger partial charge in [-0.05, 0) is 48.9 Å². The SMILES string of the molecule is CCCOc1ccc(C(=O)Nc2cc(Cl)ccc2Cl)cc1. The zero-order valence-corrected chi connectivity index (χ0v) is 13.0. The molecule has 110 valence electrons. The first-order chi connectivity index (χ1) is 10.1. The summed E-state index contributed by atoms with van der Waals surface area (Å²) in [4.78, 5) is 12.1. The summed E-state index contributed by atoms with van der Waals surface area (Å²) < 4.78 is 5.47. The maximum absolute atomic E-state index is 12.1. The first kappa shape index (κ1) is 15.7. The molecule has 0 atom stereocenters. The second-order valence-corrected chi connectivity index (χ2v) is 5.29. The van der Waals surface area contributed by atoms with Crippen LogP contribution in [-0.2, 0) is 0 Å². The zero-order valence-electron chi connectivity index (χ0n) is 11.5. The van der Waals surface area contributed by atoms with Crippen molar-refractivity contribution in [3.05, 3.63) is 58.1 Å². The highest BCUT2D eigenvalue weighted by Gasteiger charge is 2.09. The summed E-state index contributed by atoms with van der Waals surface area (Å²) in [5, 5.41) is 3.69. The van der Waals surface area contributed by atoms with Crippen molar-refractivity contribution in [2.45, 2.75) is 13.3 Å². The summed E-state index contributed by atoms with van der Waals surface area (Å²) in [7, 11) is 0. The van der Waals surface area contributed by atoms with Gasteiger partial charge in [-0.3, -0.25) is 4.79 Å². The fraction of sp³-hybridized carbons (Fsp3) is 0.188. The molecule has 0 spiro atoms. The Balaban J connectivity index is 2.07. The van der Waals surface area contributed by atoms with Crippen LogP contribution in [0.4, 0.5) is 5.69 Å². The highest BCUT2D eigenvalue weighted by molar-refractivity contribution is 6.35. The van der Waals surface area contributed by atoms with Gasteiger partial charge >= 0.3 is 0 Å². The standard InChI is InChI=1S/C16H15Cl2NO2/c1-2-9-21-13-6-3-11(4-7-13)16(20)19-15-10-12(17)5-8-14(15)18/h3-8,10H,2,9H2,1H3,(H,19,20). The maximum Gasteiger partial charge on any atom is 0.255 e. The molecule has 0 saturated heterocycles. The first-order valence-electron chi connectivity index (χ1n) is 6.59. The molecule has 0 saturated carbocycles. The molecule has 1 N–H and O–H groups in total. The van der Waals surface area contributed by atoms with Gasteiger partial charge in [0, 0.05) is 10.6 Å². The summed E-state index contributed by atoms with van der Waals surface area (Å²) in [6.07, 6.45) is 0.940. The van der Waals surface area contributed by atoms with E-state index >= 15 is 0 Å². The predicted octanol–water partition coefficient (Wildman–Crippen LogP) is 5.03. The molecule has 0 bridgehead atoms. The molecule has 0 aliphatic heterocycles. The molecule has 2 aromatic rings. The van der Waals surface area contributed by atoms with Gasteiger partial charge in [0.15, 0.2) is 0 Å². The summed E-state index contributed by atoms with van der Waals surface area (Å²) in [6.45, 7) is 2.69. The van der Waals surface area contributed by atoms with E-state index in [1.54, 1.807) is 42.5 Å². The molecule has 0 heterocycles. The lowest BCUT2D eigenvalue weighted by molar-refractivity contribution is 0.102. The molecule has 0 aromatic heterocycles. The van der Waals surface area contributed by atoms with Crippen molar-refractivity contribution in [1.29, 1.82) is 0 Å². The number of carbonyl (C=O) groups is 1. The van der Waals surface area contributed by atoms with E-state index in [0.29, 0.717) is 27.9 Å². The molecular formula is C16H15Cl2NO2. The van der Waals surface area contributed by atoms with Crippen molar-refractivity contribution < 1.29 is 9.53 Å². The number of amides is 1. The van der Waals surface area contributed by atoms with Crippen LogP contribution < -0.4 is 10.1 Å². The lowest BCUT2D eigenvalue weighted by Gasteiger charge is -2.09. The van der Waals surface area contributed by atoms with E-state index in [2.05, 4.69) is 5.32 Å². The van der Waals surface area contributed by atoms with Crippen LogP contribution in [0.1, 0.15) is 23.7 Å². The van der Waals surface area contributed by atoms with Gasteiger partial charge in [0.2, 0.25) is 0 Å². The number of benzene rings is 2. The van der Waals surface area contributed by atoms with Gasteiger partial charge in [-0.15, -0.1) is 0 Å². The van der Waals surface area contributed by atoms with Crippen LogP contribution >= 0.6 is 23.2 Å². The molecule has 0 radical (unpaired) electrons.